The predicted molar refractivity (Wildman–Crippen MR) is 115 cm³/mol. The van der Waals surface area contributed by atoms with Crippen LogP contribution in [0.2, 0.25) is 0 Å². The summed E-state index contributed by atoms with van der Waals surface area (Å²) in [5, 5.41) is 7.50. The van der Waals surface area contributed by atoms with Gasteiger partial charge in [-0.3, -0.25) is 0 Å². The maximum Gasteiger partial charge on any atom is 0.314 e. The van der Waals surface area contributed by atoms with Gasteiger partial charge in [0.05, 0.1) is 9.79 Å². The van der Waals surface area contributed by atoms with Crippen molar-refractivity contribution in [2.75, 3.05) is 20.6 Å². The summed E-state index contributed by atoms with van der Waals surface area (Å²) in [6.07, 6.45) is 2.65. The third-order valence-electron chi connectivity index (χ3n) is 4.95. The molecule has 1 aliphatic carbocycles. The summed E-state index contributed by atoms with van der Waals surface area (Å²) in [5.74, 6) is -0.425. The molecule has 0 bridgehead atoms. The van der Waals surface area contributed by atoms with E-state index >= 15 is 0 Å². The highest BCUT2D eigenvalue weighted by atomic mass is 32.2. The van der Waals surface area contributed by atoms with Crippen molar-refractivity contribution < 1.29 is 22.4 Å². The Morgan fingerprint density at radius 2 is 1.77 bits per heavy atom. The fraction of sp³-hybridized carbons (Fsp3) is 0.333. The summed E-state index contributed by atoms with van der Waals surface area (Å²) < 4.78 is 39.0. The Hall–Kier alpha value is -3.14. The Labute approximate surface area is 181 Å². The number of rotatable bonds is 4. The van der Waals surface area contributed by atoms with Crippen LogP contribution in [0.1, 0.15) is 29.9 Å². The molecule has 3 rings (SSSR count). The Morgan fingerprint density at radius 1 is 1.10 bits per heavy atom. The normalized spacial score (nSPS) is 15.0. The third-order valence-corrected chi connectivity index (χ3v) is 6.70. The smallest absolute Gasteiger partial charge is 0.314 e. The minimum atomic E-state index is -3.76. The first kappa shape index (κ1) is 24.1. The molecule has 0 unspecified atom stereocenters. The van der Waals surface area contributed by atoms with Crippen LogP contribution in [-0.2, 0) is 16.3 Å². The summed E-state index contributed by atoms with van der Waals surface area (Å²) >= 11 is 0. The molecule has 0 heterocycles. The molecule has 31 heavy (non-hydrogen) atoms. The first-order valence-electron chi connectivity index (χ1n) is 9.75. The number of hydrogen-bond donors (Lipinski definition) is 4. The summed E-state index contributed by atoms with van der Waals surface area (Å²) in [4.78, 5) is 21.0. The fourth-order valence-electron chi connectivity index (χ4n) is 3.35. The van der Waals surface area contributed by atoms with Gasteiger partial charge in [0.1, 0.15) is 5.82 Å². The highest BCUT2D eigenvalue weighted by Crippen LogP contribution is 2.34. The van der Waals surface area contributed by atoms with Gasteiger partial charge in [-0.15, -0.1) is 0 Å². The van der Waals surface area contributed by atoms with E-state index in [1.807, 2.05) is 6.07 Å². The zero-order valence-corrected chi connectivity index (χ0v) is 18.3. The van der Waals surface area contributed by atoms with Crippen molar-refractivity contribution in [2.45, 2.75) is 35.0 Å². The molecule has 0 aliphatic heterocycles. The van der Waals surface area contributed by atoms with Crippen molar-refractivity contribution in [1.29, 1.82) is 0 Å². The van der Waals surface area contributed by atoms with Gasteiger partial charge in [0.2, 0.25) is 9.84 Å². The van der Waals surface area contributed by atoms with Crippen LogP contribution in [0.25, 0.3) is 0 Å². The van der Waals surface area contributed by atoms with E-state index in [1.165, 1.54) is 25.2 Å². The second-order valence-electron chi connectivity index (χ2n) is 6.98. The quantitative estimate of drug-likeness (QED) is 0.569. The summed E-state index contributed by atoms with van der Waals surface area (Å²) in [6.45, 7) is 0.503. The molecule has 5 N–H and O–H groups in total. The summed E-state index contributed by atoms with van der Waals surface area (Å²) in [7, 11) is -0.724. The van der Waals surface area contributed by atoms with Gasteiger partial charge in [-0.05, 0) is 60.7 Å². The molecule has 8 nitrogen and oxygen atoms in total. The number of fused-ring (bicyclic) bond motifs is 1. The number of halogens is 1. The monoisotopic (exact) mass is 450 g/mol. The number of hydrogen-bond acceptors (Lipinski definition) is 4. The maximum absolute atomic E-state index is 13.4. The maximum atomic E-state index is 13.4. The lowest BCUT2D eigenvalue weighted by Gasteiger charge is -2.26. The molecule has 0 radical (unpaired) electrons. The average molecular weight is 451 g/mol. The molecule has 4 amide bonds. The lowest BCUT2D eigenvalue weighted by atomic mass is 9.83. The lowest BCUT2D eigenvalue weighted by molar-refractivity contribution is 0.241. The third kappa shape index (κ3) is 6.42. The number of aryl methyl sites for hydroxylation is 1. The molecule has 10 heteroatoms. The number of sulfone groups is 1. The van der Waals surface area contributed by atoms with E-state index < -0.39 is 21.7 Å². The lowest BCUT2D eigenvalue weighted by Crippen LogP contribution is -2.36. The number of amides is 4. The Balaban J connectivity index is 0.000000614. The molecule has 2 aromatic rings. The van der Waals surface area contributed by atoms with Crippen LogP contribution in [0.15, 0.2) is 52.3 Å². The Morgan fingerprint density at radius 3 is 2.39 bits per heavy atom. The number of primary amides is 1. The predicted octanol–water partition coefficient (Wildman–Crippen LogP) is 2.29. The van der Waals surface area contributed by atoms with E-state index in [-0.39, 0.29) is 21.7 Å². The first-order valence-corrected chi connectivity index (χ1v) is 11.2. The number of carbonyl (C=O) groups is 2. The minimum Gasteiger partial charge on any atom is -0.352 e. The number of nitrogens with one attached hydrogen (secondary N) is 3. The van der Waals surface area contributed by atoms with E-state index in [9.17, 15) is 22.4 Å². The first-order chi connectivity index (χ1) is 14.7. The summed E-state index contributed by atoms with van der Waals surface area (Å²) in [5.41, 5.74) is 6.57. The van der Waals surface area contributed by atoms with E-state index in [0.29, 0.717) is 6.54 Å². The summed E-state index contributed by atoms with van der Waals surface area (Å²) in [6, 6.07) is 9.37. The van der Waals surface area contributed by atoms with Crippen LogP contribution in [0.4, 0.5) is 14.0 Å². The van der Waals surface area contributed by atoms with Crippen molar-refractivity contribution in [3.8, 4) is 0 Å². The zero-order chi connectivity index (χ0) is 23.0. The van der Waals surface area contributed by atoms with Crippen LogP contribution in [0.3, 0.4) is 0 Å². The highest BCUT2D eigenvalue weighted by molar-refractivity contribution is 7.91. The van der Waals surface area contributed by atoms with Crippen molar-refractivity contribution in [1.82, 2.24) is 16.0 Å². The molecular formula is C21H27FN4O4S. The van der Waals surface area contributed by atoms with Gasteiger partial charge >= 0.3 is 12.1 Å². The van der Waals surface area contributed by atoms with E-state index in [0.717, 1.165) is 36.5 Å². The van der Waals surface area contributed by atoms with Gasteiger partial charge in [-0.2, -0.15) is 0 Å². The molecule has 0 aromatic heterocycles. The Bertz CT molecular complexity index is 1040. The highest BCUT2D eigenvalue weighted by Gasteiger charge is 2.24. The average Bonchev–Trinajstić information content (AvgIpc) is 2.77. The van der Waals surface area contributed by atoms with E-state index in [1.54, 1.807) is 19.2 Å². The number of urea groups is 2. The van der Waals surface area contributed by atoms with Gasteiger partial charge in [0.15, 0.2) is 0 Å². The van der Waals surface area contributed by atoms with Crippen LogP contribution in [0, 0.1) is 5.82 Å². The Kier molecular flexibility index (Phi) is 8.38. The SMILES string of the molecule is CNC(=O)NC[C@@H]1CCCc2cc(S(=O)(=O)c3cccc(F)c3)ccc21.CNC(N)=O. The van der Waals surface area contributed by atoms with Crippen molar-refractivity contribution in [3.05, 3.63) is 59.4 Å². The number of benzene rings is 2. The van der Waals surface area contributed by atoms with Gasteiger partial charge in [-0.25, -0.2) is 22.4 Å². The van der Waals surface area contributed by atoms with E-state index in [2.05, 4.69) is 21.7 Å². The molecule has 0 saturated carbocycles. The molecule has 1 atom stereocenters. The number of carbonyl (C=O) groups excluding carboxylic acids is 2. The second kappa shape index (κ2) is 10.8. The second-order valence-corrected chi connectivity index (χ2v) is 8.93. The molecule has 0 spiro atoms. The van der Waals surface area contributed by atoms with E-state index in [4.69, 9.17) is 0 Å². The zero-order valence-electron chi connectivity index (χ0n) is 17.4. The van der Waals surface area contributed by atoms with Gasteiger partial charge < -0.3 is 21.7 Å². The minimum absolute atomic E-state index is 0.0499. The molecule has 2 aromatic carbocycles. The molecule has 1 aliphatic rings. The van der Waals surface area contributed by atoms with Gasteiger partial charge in [0.25, 0.3) is 0 Å². The van der Waals surface area contributed by atoms with Crippen molar-refractivity contribution in [2.24, 2.45) is 5.73 Å². The van der Waals surface area contributed by atoms with Crippen LogP contribution in [0.5, 0.6) is 0 Å². The molecular weight excluding hydrogens is 423 g/mol. The topological polar surface area (TPSA) is 130 Å². The molecule has 168 valence electrons. The molecule has 0 saturated heterocycles. The van der Waals surface area contributed by atoms with Gasteiger partial charge in [0, 0.05) is 26.6 Å². The fourth-order valence-corrected chi connectivity index (χ4v) is 4.69. The standard InChI is InChI=1S/C19H21FN2O3S.C2H6N2O/c1-21-19(23)22-12-14-5-2-4-13-10-17(8-9-18(13)14)26(24,25)16-7-3-6-15(20)11-16;1-4-2(3)5/h3,6-11,14H,2,4-5,12H2,1H3,(H2,21,22,23);1H3,(H3,3,4,5)/t14-;/m0./s1. The largest absolute Gasteiger partial charge is 0.352 e. The van der Waals surface area contributed by atoms with Crippen molar-refractivity contribution in [3.63, 3.8) is 0 Å². The van der Waals surface area contributed by atoms with Crippen LogP contribution >= 0.6 is 0 Å². The molecule has 0 fully saturated rings. The number of nitrogens with two attached hydrogens (primary N) is 1. The van der Waals surface area contributed by atoms with Gasteiger partial charge in [-0.1, -0.05) is 12.1 Å². The van der Waals surface area contributed by atoms with Crippen molar-refractivity contribution >= 4 is 21.9 Å². The van der Waals surface area contributed by atoms with Crippen LogP contribution < -0.4 is 21.7 Å². The van der Waals surface area contributed by atoms with Crippen LogP contribution in [-0.4, -0.2) is 41.1 Å².